The first-order valence-corrected chi connectivity index (χ1v) is 5.53. The molecule has 1 aromatic heterocycles. The van der Waals surface area contributed by atoms with Gasteiger partial charge in [-0.15, -0.1) is 0 Å². The summed E-state index contributed by atoms with van der Waals surface area (Å²) in [5, 5.41) is 12.4. The van der Waals surface area contributed by atoms with Gasteiger partial charge >= 0.3 is 5.97 Å². The molecule has 2 rings (SSSR count). The third-order valence-corrected chi connectivity index (χ3v) is 2.47. The summed E-state index contributed by atoms with van der Waals surface area (Å²) in [5.74, 6) is -0.101. The number of carboxylic acid groups (broad SMARTS) is 1. The Labute approximate surface area is 103 Å². The number of carbonyl (C=O) groups is 1. The molecule has 0 bridgehead atoms. The van der Waals surface area contributed by atoms with Crippen molar-refractivity contribution < 1.29 is 14.4 Å². The van der Waals surface area contributed by atoms with E-state index < -0.39 is 5.97 Å². The van der Waals surface area contributed by atoms with E-state index in [4.69, 9.17) is 15.4 Å². The molecule has 3 N–H and O–H groups in total. The Morgan fingerprint density at radius 3 is 2.67 bits per heavy atom. The Kier molecular flexibility index (Phi) is 3.69. The summed E-state index contributed by atoms with van der Waals surface area (Å²) >= 11 is 0. The molecule has 0 unspecified atom stereocenters. The molecule has 0 aliphatic rings. The number of benzene rings is 1. The van der Waals surface area contributed by atoms with Gasteiger partial charge in [0.25, 0.3) is 0 Å². The largest absolute Gasteiger partial charge is 0.481 e. The summed E-state index contributed by atoms with van der Waals surface area (Å²) in [7, 11) is 0. The Bertz CT molecular complexity index is 534. The molecule has 0 spiro atoms. The first-order chi connectivity index (χ1) is 8.69. The maximum Gasteiger partial charge on any atom is 0.303 e. The van der Waals surface area contributed by atoms with E-state index in [1.165, 1.54) is 0 Å². The lowest BCUT2D eigenvalue weighted by molar-refractivity contribution is -0.137. The van der Waals surface area contributed by atoms with Crippen molar-refractivity contribution in [3.8, 4) is 11.4 Å². The second-order valence-corrected chi connectivity index (χ2v) is 3.81. The first-order valence-electron chi connectivity index (χ1n) is 5.53. The molecular weight excluding hydrogens is 234 g/mol. The Balaban J connectivity index is 2.10. The predicted molar refractivity (Wildman–Crippen MR) is 63.6 cm³/mol. The molecule has 0 aliphatic carbocycles. The highest BCUT2D eigenvalue weighted by atomic mass is 16.5. The van der Waals surface area contributed by atoms with Gasteiger partial charge in [-0.2, -0.15) is 4.98 Å². The summed E-state index contributed by atoms with van der Waals surface area (Å²) in [6.07, 6.45) is 0.219. The normalized spacial score (nSPS) is 10.5. The minimum Gasteiger partial charge on any atom is -0.481 e. The SMILES string of the molecule is NCc1ccc(-c2noc(CCC(=O)O)n2)cc1. The molecule has 0 amide bonds. The molecule has 0 saturated carbocycles. The minimum atomic E-state index is -0.887. The van der Waals surface area contributed by atoms with Gasteiger partial charge in [0.05, 0.1) is 6.42 Å². The third kappa shape index (κ3) is 2.92. The molecule has 0 saturated heterocycles. The van der Waals surface area contributed by atoms with E-state index in [1.807, 2.05) is 24.3 Å². The van der Waals surface area contributed by atoms with Crippen molar-refractivity contribution in [1.29, 1.82) is 0 Å². The highest BCUT2D eigenvalue weighted by molar-refractivity contribution is 5.66. The van der Waals surface area contributed by atoms with Gasteiger partial charge in [-0.05, 0) is 5.56 Å². The topological polar surface area (TPSA) is 102 Å². The Morgan fingerprint density at radius 1 is 1.33 bits per heavy atom. The van der Waals surface area contributed by atoms with Crippen LogP contribution in [0.15, 0.2) is 28.8 Å². The first kappa shape index (κ1) is 12.3. The molecule has 18 heavy (non-hydrogen) atoms. The zero-order chi connectivity index (χ0) is 13.0. The van der Waals surface area contributed by atoms with Crippen LogP contribution in [-0.4, -0.2) is 21.2 Å². The maximum atomic E-state index is 10.4. The average Bonchev–Trinajstić information content (AvgIpc) is 2.85. The van der Waals surface area contributed by atoms with Crippen molar-refractivity contribution in [2.24, 2.45) is 5.73 Å². The molecule has 6 nitrogen and oxygen atoms in total. The van der Waals surface area contributed by atoms with Gasteiger partial charge in [0.15, 0.2) is 0 Å². The molecular formula is C12H13N3O3. The Hall–Kier alpha value is -2.21. The van der Waals surface area contributed by atoms with Crippen LogP contribution in [-0.2, 0) is 17.8 Å². The molecule has 2 aromatic rings. The van der Waals surface area contributed by atoms with Crippen LogP contribution >= 0.6 is 0 Å². The zero-order valence-electron chi connectivity index (χ0n) is 9.67. The lowest BCUT2D eigenvalue weighted by Gasteiger charge is -1.97. The number of nitrogens with zero attached hydrogens (tertiary/aromatic N) is 2. The van der Waals surface area contributed by atoms with Crippen LogP contribution in [0.4, 0.5) is 0 Å². The molecule has 0 atom stereocenters. The predicted octanol–water partition coefficient (Wildman–Crippen LogP) is 1.21. The van der Waals surface area contributed by atoms with Gasteiger partial charge in [0, 0.05) is 18.5 Å². The van der Waals surface area contributed by atoms with Gasteiger partial charge in [-0.1, -0.05) is 29.4 Å². The minimum absolute atomic E-state index is 0.0201. The fourth-order valence-electron chi connectivity index (χ4n) is 1.48. The van der Waals surface area contributed by atoms with Gasteiger partial charge < -0.3 is 15.4 Å². The van der Waals surface area contributed by atoms with Crippen molar-refractivity contribution in [1.82, 2.24) is 10.1 Å². The molecule has 1 aromatic carbocycles. The molecule has 1 heterocycles. The summed E-state index contributed by atoms with van der Waals surface area (Å²) in [6, 6.07) is 7.49. The van der Waals surface area contributed by atoms with E-state index in [0.29, 0.717) is 18.3 Å². The number of carboxylic acids is 1. The standard InChI is InChI=1S/C12H13N3O3/c13-7-8-1-3-9(4-2-8)12-14-10(18-15-12)5-6-11(16)17/h1-4H,5-7,13H2,(H,16,17). The highest BCUT2D eigenvalue weighted by Gasteiger charge is 2.09. The second-order valence-electron chi connectivity index (χ2n) is 3.81. The van der Waals surface area contributed by atoms with Gasteiger partial charge in [-0.25, -0.2) is 0 Å². The quantitative estimate of drug-likeness (QED) is 0.823. The monoisotopic (exact) mass is 247 g/mol. The lowest BCUT2D eigenvalue weighted by Crippen LogP contribution is -1.97. The van der Waals surface area contributed by atoms with Gasteiger partial charge in [0.1, 0.15) is 0 Å². The van der Waals surface area contributed by atoms with Crippen LogP contribution in [0.3, 0.4) is 0 Å². The summed E-state index contributed by atoms with van der Waals surface area (Å²) in [6.45, 7) is 0.483. The summed E-state index contributed by atoms with van der Waals surface area (Å²) in [5.41, 5.74) is 7.34. The van der Waals surface area contributed by atoms with Gasteiger partial charge in [0.2, 0.25) is 11.7 Å². The van der Waals surface area contributed by atoms with Crippen LogP contribution in [0.5, 0.6) is 0 Å². The van der Waals surface area contributed by atoms with E-state index in [-0.39, 0.29) is 12.8 Å². The maximum absolute atomic E-state index is 10.4. The Morgan fingerprint density at radius 2 is 2.06 bits per heavy atom. The van der Waals surface area contributed by atoms with E-state index >= 15 is 0 Å². The van der Waals surface area contributed by atoms with Crippen molar-refractivity contribution in [3.05, 3.63) is 35.7 Å². The summed E-state index contributed by atoms with van der Waals surface area (Å²) in [4.78, 5) is 14.6. The van der Waals surface area contributed by atoms with Crippen molar-refractivity contribution in [3.63, 3.8) is 0 Å². The zero-order valence-corrected chi connectivity index (χ0v) is 9.67. The van der Waals surface area contributed by atoms with Crippen molar-refractivity contribution >= 4 is 5.97 Å². The highest BCUT2D eigenvalue weighted by Crippen LogP contribution is 2.16. The number of aryl methyl sites for hydroxylation is 1. The smallest absolute Gasteiger partial charge is 0.303 e. The van der Waals surface area contributed by atoms with Crippen LogP contribution < -0.4 is 5.73 Å². The average molecular weight is 247 g/mol. The van der Waals surface area contributed by atoms with Gasteiger partial charge in [-0.3, -0.25) is 4.79 Å². The molecule has 94 valence electrons. The van der Waals surface area contributed by atoms with Crippen LogP contribution in [0.25, 0.3) is 11.4 Å². The second kappa shape index (κ2) is 5.42. The fraction of sp³-hybridized carbons (Fsp3) is 0.250. The lowest BCUT2D eigenvalue weighted by atomic mass is 10.1. The van der Waals surface area contributed by atoms with E-state index in [0.717, 1.165) is 11.1 Å². The summed E-state index contributed by atoms with van der Waals surface area (Å²) < 4.78 is 4.98. The molecule has 0 aliphatic heterocycles. The van der Waals surface area contributed by atoms with Crippen LogP contribution in [0.2, 0.25) is 0 Å². The van der Waals surface area contributed by atoms with E-state index in [2.05, 4.69) is 10.1 Å². The third-order valence-electron chi connectivity index (χ3n) is 2.47. The van der Waals surface area contributed by atoms with Crippen molar-refractivity contribution in [2.75, 3.05) is 0 Å². The van der Waals surface area contributed by atoms with E-state index in [9.17, 15) is 4.79 Å². The molecule has 6 heteroatoms. The number of hydrogen-bond donors (Lipinski definition) is 2. The molecule has 0 radical (unpaired) electrons. The number of aromatic nitrogens is 2. The van der Waals surface area contributed by atoms with Crippen LogP contribution in [0, 0.1) is 0 Å². The van der Waals surface area contributed by atoms with Crippen molar-refractivity contribution in [2.45, 2.75) is 19.4 Å². The van der Waals surface area contributed by atoms with E-state index in [1.54, 1.807) is 0 Å². The number of rotatable bonds is 5. The molecule has 0 fully saturated rings. The number of aliphatic carboxylic acids is 1. The number of nitrogens with two attached hydrogens (primary N) is 1. The van der Waals surface area contributed by atoms with Crippen LogP contribution in [0.1, 0.15) is 17.9 Å². The number of hydrogen-bond acceptors (Lipinski definition) is 5. The fourth-order valence-corrected chi connectivity index (χ4v) is 1.48.